The number of piperazine rings is 1. The van der Waals surface area contributed by atoms with Crippen LogP contribution < -0.4 is 4.90 Å². The zero-order chi connectivity index (χ0) is 18.8. The molecule has 0 bridgehead atoms. The van der Waals surface area contributed by atoms with Gasteiger partial charge in [0.2, 0.25) is 11.7 Å². The summed E-state index contributed by atoms with van der Waals surface area (Å²) in [7, 11) is 0. The van der Waals surface area contributed by atoms with E-state index in [0.717, 1.165) is 16.9 Å². The summed E-state index contributed by atoms with van der Waals surface area (Å²) >= 11 is 6.05. The summed E-state index contributed by atoms with van der Waals surface area (Å²) < 4.78 is 5.50. The molecule has 1 aromatic carbocycles. The summed E-state index contributed by atoms with van der Waals surface area (Å²) in [4.78, 5) is 24.6. The minimum Gasteiger partial charge on any atom is -0.352 e. The van der Waals surface area contributed by atoms with Crippen molar-refractivity contribution in [1.29, 1.82) is 0 Å². The number of nitrogens with zero attached hydrogens (tertiary/aromatic N) is 5. The molecule has 4 rings (SSSR count). The molecule has 0 atom stereocenters. The lowest BCUT2D eigenvalue weighted by atomic mass is 10.2. The van der Waals surface area contributed by atoms with Crippen molar-refractivity contribution in [3.8, 4) is 22.8 Å². The fourth-order valence-corrected chi connectivity index (χ4v) is 3.32. The van der Waals surface area contributed by atoms with Crippen molar-refractivity contribution in [2.45, 2.75) is 6.92 Å². The average molecular weight is 384 g/mol. The van der Waals surface area contributed by atoms with Crippen LogP contribution in [-0.4, -0.2) is 52.1 Å². The topological polar surface area (TPSA) is 75.4 Å². The van der Waals surface area contributed by atoms with Crippen LogP contribution in [0.5, 0.6) is 0 Å². The lowest BCUT2D eigenvalue weighted by molar-refractivity contribution is -0.129. The quantitative estimate of drug-likeness (QED) is 0.691. The Labute approximate surface area is 161 Å². The molecule has 0 unspecified atom stereocenters. The molecule has 1 saturated heterocycles. The summed E-state index contributed by atoms with van der Waals surface area (Å²) in [5.74, 6) is 1.76. The molecule has 0 radical (unpaired) electrons. The molecule has 0 spiro atoms. The Morgan fingerprint density at radius 2 is 1.96 bits per heavy atom. The molecule has 1 amide bonds. The van der Waals surface area contributed by atoms with Gasteiger partial charge in [-0.05, 0) is 24.3 Å². The van der Waals surface area contributed by atoms with E-state index >= 15 is 0 Å². The normalized spacial score (nSPS) is 14.4. The van der Waals surface area contributed by atoms with E-state index in [1.807, 2.05) is 29.2 Å². The maximum absolute atomic E-state index is 11.5. The highest BCUT2D eigenvalue weighted by atomic mass is 35.5. The van der Waals surface area contributed by atoms with Gasteiger partial charge in [-0.2, -0.15) is 4.98 Å². The monoisotopic (exact) mass is 383 g/mol. The number of rotatable bonds is 3. The maximum atomic E-state index is 11.5. The summed E-state index contributed by atoms with van der Waals surface area (Å²) in [6, 6.07) is 11.1. The van der Waals surface area contributed by atoms with E-state index in [1.165, 1.54) is 0 Å². The largest absolute Gasteiger partial charge is 0.352 e. The zero-order valence-corrected chi connectivity index (χ0v) is 15.6. The van der Waals surface area contributed by atoms with Crippen molar-refractivity contribution < 1.29 is 9.32 Å². The van der Waals surface area contributed by atoms with E-state index in [-0.39, 0.29) is 5.91 Å². The highest BCUT2D eigenvalue weighted by Gasteiger charge is 2.24. The van der Waals surface area contributed by atoms with Gasteiger partial charge < -0.3 is 14.3 Å². The van der Waals surface area contributed by atoms with Crippen molar-refractivity contribution in [2.75, 3.05) is 31.1 Å². The van der Waals surface area contributed by atoms with Crippen molar-refractivity contribution in [3.63, 3.8) is 0 Å². The Morgan fingerprint density at radius 3 is 2.70 bits per heavy atom. The third-order valence-electron chi connectivity index (χ3n) is 4.55. The van der Waals surface area contributed by atoms with Gasteiger partial charge >= 0.3 is 0 Å². The molecule has 3 aromatic rings. The Bertz CT molecular complexity index is 966. The molecule has 7 nitrogen and oxygen atoms in total. The highest BCUT2D eigenvalue weighted by Crippen LogP contribution is 2.30. The Kier molecular flexibility index (Phi) is 4.77. The summed E-state index contributed by atoms with van der Waals surface area (Å²) in [5.41, 5.74) is 1.56. The molecule has 3 heterocycles. The van der Waals surface area contributed by atoms with E-state index in [1.54, 1.807) is 25.3 Å². The van der Waals surface area contributed by atoms with Crippen LogP contribution in [-0.2, 0) is 4.79 Å². The van der Waals surface area contributed by atoms with Gasteiger partial charge in [0, 0.05) is 49.9 Å². The SMILES string of the molecule is CC(=O)N1CCN(c2ncccc2-c2nc(-c3cccc(Cl)c3)no2)CC1. The van der Waals surface area contributed by atoms with Gasteiger partial charge in [-0.25, -0.2) is 4.98 Å². The summed E-state index contributed by atoms with van der Waals surface area (Å²) in [5, 5.41) is 4.70. The fourth-order valence-electron chi connectivity index (χ4n) is 3.13. The van der Waals surface area contributed by atoms with Gasteiger partial charge in [-0.15, -0.1) is 0 Å². The molecule has 0 aliphatic carbocycles. The van der Waals surface area contributed by atoms with Gasteiger partial charge in [0.25, 0.3) is 5.89 Å². The predicted octanol–water partition coefficient (Wildman–Crippen LogP) is 3.12. The minimum atomic E-state index is 0.0963. The highest BCUT2D eigenvalue weighted by molar-refractivity contribution is 6.30. The number of halogens is 1. The van der Waals surface area contributed by atoms with Crippen LogP contribution >= 0.6 is 11.6 Å². The van der Waals surface area contributed by atoms with Crippen LogP contribution in [0.2, 0.25) is 5.02 Å². The number of anilines is 1. The van der Waals surface area contributed by atoms with Gasteiger partial charge in [0.1, 0.15) is 5.82 Å². The second-order valence-corrected chi connectivity index (χ2v) is 6.74. The van der Waals surface area contributed by atoms with Gasteiger partial charge in [0.15, 0.2) is 0 Å². The van der Waals surface area contributed by atoms with Crippen molar-refractivity contribution >= 4 is 23.3 Å². The van der Waals surface area contributed by atoms with E-state index in [2.05, 4.69) is 20.0 Å². The first kappa shape index (κ1) is 17.5. The molecular weight excluding hydrogens is 366 g/mol. The van der Waals surface area contributed by atoms with Gasteiger partial charge in [-0.3, -0.25) is 4.79 Å². The first-order chi connectivity index (χ1) is 13.1. The zero-order valence-electron chi connectivity index (χ0n) is 14.8. The van der Waals surface area contributed by atoms with Crippen molar-refractivity contribution in [1.82, 2.24) is 20.0 Å². The number of benzene rings is 1. The smallest absolute Gasteiger partial charge is 0.261 e. The predicted molar refractivity (Wildman–Crippen MR) is 102 cm³/mol. The molecule has 27 heavy (non-hydrogen) atoms. The molecule has 0 N–H and O–H groups in total. The van der Waals surface area contributed by atoms with Crippen LogP contribution in [0.15, 0.2) is 47.1 Å². The second-order valence-electron chi connectivity index (χ2n) is 6.30. The maximum Gasteiger partial charge on any atom is 0.261 e. The second kappa shape index (κ2) is 7.36. The Balaban J connectivity index is 1.62. The lowest BCUT2D eigenvalue weighted by Crippen LogP contribution is -2.48. The molecule has 0 saturated carbocycles. The van der Waals surface area contributed by atoms with Gasteiger partial charge in [-0.1, -0.05) is 28.9 Å². The Morgan fingerprint density at radius 1 is 1.15 bits per heavy atom. The first-order valence-electron chi connectivity index (χ1n) is 8.67. The molecule has 1 aliphatic rings. The average Bonchev–Trinajstić information content (AvgIpc) is 3.18. The molecule has 8 heteroatoms. The molecule has 1 aliphatic heterocycles. The van der Waals surface area contributed by atoms with Crippen molar-refractivity contribution in [2.24, 2.45) is 0 Å². The standard InChI is InChI=1S/C19H18ClN5O2/c1-13(26)24-8-10-25(11-9-24)18-16(6-3-7-21-18)19-22-17(23-27-19)14-4-2-5-15(20)12-14/h2-7,12H,8-11H2,1H3. The van der Waals surface area contributed by atoms with Crippen molar-refractivity contribution in [3.05, 3.63) is 47.6 Å². The number of aromatic nitrogens is 3. The number of pyridine rings is 1. The Hall–Kier alpha value is -2.93. The number of carbonyl (C=O) groups is 1. The van der Waals surface area contributed by atoms with E-state index in [0.29, 0.717) is 42.9 Å². The van der Waals surface area contributed by atoms with Gasteiger partial charge in [0.05, 0.1) is 5.56 Å². The van der Waals surface area contributed by atoms with Crippen LogP contribution in [0.3, 0.4) is 0 Å². The third-order valence-corrected chi connectivity index (χ3v) is 4.79. The van der Waals surface area contributed by atoms with Crippen LogP contribution in [0.4, 0.5) is 5.82 Å². The van der Waals surface area contributed by atoms with E-state index in [4.69, 9.17) is 16.1 Å². The lowest BCUT2D eigenvalue weighted by Gasteiger charge is -2.35. The summed E-state index contributed by atoms with van der Waals surface area (Å²) in [6.45, 7) is 4.35. The number of carbonyl (C=O) groups excluding carboxylic acids is 1. The number of hydrogen-bond donors (Lipinski definition) is 0. The van der Waals surface area contributed by atoms with Crippen LogP contribution in [0.25, 0.3) is 22.8 Å². The summed E-state index contributed by atoms with van der Waals surface area (Å²) in [6.07, 6.45) is 1.74. The third kappa shape index (κ3) is 3.64. The fraction of sp³-hybridized carbons (Fsp3) is 0.263. The minimum absolute atomic E-state index is 0.0963. The molecule has 138 valence electrons. The molecule has 1 fully saturated rings. The van der Waals surface area contributed by atoms with Crippen LogP contribution in [0, 0.1) is 0 Å². The molecule has 2 aromatic heterocycles. The van der Waals surface area contributed by atoms with E-state index in [9.17, 15) is 4.79 Å². The van der Waals surface area contributed by atoms with E-state index < -0.39 is 0 Å². The molecular formula is C19H18ClN5O2. The number of amides is 1. The van der Waals surface area contributed by atoms with Crippen LogP contribution in [0.1, 0.15) is 6.92 Å². The number of hydrogen-bond acceptors (Lipinski definition) is 6. The first-order valence-corrected chi connectivity index (χ1v) is 9.05.